The van der Waals surface area contributed by atoms with Crippen molar-refractivity contribution >= 4 is 17.3 Å². The van der Waals surface area contributed by atoms with Crippen LogP contribution in [0, 0.1) is 0 Å². The molecule has 0 aliphatic carbocycles. The fourth-order valence-corrected chi connectivity index (χ4v) is 3.40. The normalized spacial score (nSPS) is 17.6. The van der Waals surface area contributed by atoms with E-state index in [1.54, 1.807) is 0 Å². The van der Waals surface area contributed by atoms with Gasteiger partial charge in [0.15, 0.2) is 0 Å². The van der Waals surface area contributed by atoms with Crippen molar-refractivity contribution in [3.63, 3.8) is 0 Å². The Morgan fingerprint density at radius 1 is 1.15 bits per heavy atom. The second-order valence-corrected chi connectivity index (χ2v) is 6.82. The molecule has 0 bridgehead atoms. The topological polar surface area (TPSA) is 59.0 Å². The number of hydrogen-bond acceptors (Lipinski definition) is 3. The zero-order valence-electron chi connectivity index (χ0n) is 14.9. The van der Waals surface area contributed by atoms with E-state index in [1.807, 2.05) is 48.1 Å². The van der Waals surface area contributed by atoms with Gasteiger partial charge in [0.2, 0.25) is 5.91 Å². The van der Waals surface area contributed by atoms with Crippen molar-refractivity contribution in [2.24, 2.45) is 0 Å². The lowest BCUT2D eigenvalue weighted by Crippen LogP contribution is -2.19. The summed E-state index contributed by atoms with van der Waals surface area (Å²) in [6.45, 7) is 4.16. The van der Waals surface area contributed by atoms with Crippen LogP contribution in [-0.2, 0) is 4.79 Å². The molecule has 1 aliphatic rings. The van der Waals surface area contributed by atoms with Gasteiger partial charge in [0.1, 0.15) is 0 Å². The number of para-hydroxylation sites is 1. The SMILES string of the molecule is C[C@@H]1CC(=O)Nc2cccc(-c3cnn([C@H](C)c4ccccc4)c3)c2N1. The highest BCUT2D eigenvalue weighted by Gasteiger charge is 2.21. The Morgan fingerprint density at radius 3 is 2.77 bits per heavy atom. The van der Waals surface area contributed by atoms with Gasteiger partial charge in [-0.05, 0) is 25.5 Å². The number of nitrogens with one attached hydrogen (secondary N) is 2. The maximum atomic E-state index is 12.0. The van der Waals surface area contributed by atoms with Gasteiger partial charge in [-0.25, -0.2) is 0 Å². The molecule has 3 aromatic rings. The predicted molar refractivity (Wildman–Crippen MR) is 104 cm³/mol. The van der Waals surface area contributed by atoms with Gasteiger partial charge in [-0.2, -0.15) is 5.10 Å². The summed E-state index contributed by atoms with van der Waals surface area (Å²) in [5.41, 5.74) is 5.06. The summed E-state index contributed by atoms with van der Waals surface area (Å²) < 4.78 is 1.97. The van der Waals surface area contributed by atoms with E-state index in [0.717, 1.165) is 22.5 Å². The van der Waals surface area contributed by atoms with E-state index in [9.17, 15) is 4.79 Å². The molecule has 26 heavy (non-hydrogen) atoms. The Kier molecular flexibility index (Phi) is 4.21. The minimum absolute atomic E-state index is 0.0364. The van der Waals surface area contributed by atoms with Crippen molar-refractivity contribution < 1.29 is 4.79 Å². The average Bonchev–Trinajstić information content (AvgIpc) is 3.07. The van der Waals surface area contributed by atoms with E-state index in [2.05, 4.69) is 47.1 Å². The van der Waals surface area contributed by atoms with Crippen LogP contribution in [0.15, 0.2) is 60.9 Å². The molecule has 1 aromatic heterocycles. The molecule has 0 spiro atoms. The van der Waals surface area contributed by atoms with Crippen LogP contribution in [-0.4, -0.2) is 21.7 Å². The van der Waals surface area contributed by atoms with E-state index < -0.39 is 0 Å². The molecule has 5 nitrogen and oxygen atoms in total. The number of anilines is 2. The standard InChI is InChI=1S/C21H22N4O/c1-14-11-20(26)24-19-10-6-9-18(21(19)23-14)17-12-22-25(13-17)15(2)16-7-4-3-5-8-16/h3-10,12-15,23H,11H2,1-2H3,(H,24,26)/t14-,15-/m1/s1. The van der Waals surface area contributed by atoms with E-state index in [-0.39, 0.29) is 18.0 Å². The number of fused-ring (bicyclic) bond motifs is 1. The number of aromatic nitrogens is 2. The summed E-state index contributed by atoms with van der Waals surface area (Å²) >= 11 is 0. The van der Waals surface area contributed by atoms with Crippen molar-refractivity contribution in [1.29, 1.82) is 0 Å². The first-order valence-electron chi connectivity index (χ1n) is 8.90. The number of benzene rings is 2. The maximum Gasteiger partial charge on any atom is 0.226 e. The molecule has 5 heteroatoms. The highest BCUT2D eigenvalue weighted by Crippen LogP contribution is 2.36. The van der Waals surface area contributed by atoms with Gasteiger partial charge < -0.3 is 10.6 Å². The lowest BCUT2D eigenvalue weighted by molar-refractivity contribution is -0.116. The zero-order valence-corrected chi connectivity index (χ0v) is 14.9. The summed E-state index contributed by atoms with van der Waals surface area (Å²) in [7, 11) is 0. The largest absolute Gasteiger partial charge is 0.380 e. The minimum Gasteiger partial charge on any atom is -0.380 e. The highest BCUT2D eigenvalue weighted by atomic mass is 16.1. The predicted octanol–water partition coefficient (Wildman–Crippen LogP) is 4.30. The number of hydrogen-bond donors (Lipinski definition) is 2. The fourth-order valence-electron chi connectivity index (χ4n) is 3.40. The van der Waals surface area contributed by atoms with Crippen LogP contribution in [0.25, 0.3) is 11.1 Å². The Balaban J connectivity index is 1.71. The zero-order chi connectivity index (χ0) is 18.1. The lowest BCUT2D eigenvalue weighted by atomic mass is 10.0. The molecule has 2 atom stereocenters. The molecule has 2 heterocycles. The Hall–Kier alpha value is -3.08. The molecule has 1 aliphatic heterocycles. The molecule has 4 rings (SSSR count). The van der Waals surface area contributed by atoms with Crippen LogP contribution in [0.5, 0.6) is 0 Å². The Morgan fingerprint density at radius 2 is 1.96 bits per heavy atom. The van der Waals surface area contributed by atoms with Gasteiger partial charge in [-0.15, -0.1) is 0 Å². The third-order valence-corrected chi connectivity index (χ3v) is 4.81. The van der Waals surface area contributed by atoms with E-state index in [0.29, 0.717) is 6.42 Å². The first kappa shape index (κ1) is 16.4. The number of nitrogens with zero attached hydrogens (tertiary/aromatic N) is 2. The van der Waals surface area contributed by atoms with Gasteiger partial charge in [0, 0.05) is 29.8 Å². The number of carbonyl (C=O) groups is 1. The van der Waals surface area contributed by atoms with Crippen molar-refractivity contribution in [3.05, 3.63) is 66.5 Å². The monoisotopic (exact) mass is 346 g/mol. The minimum atomic E-state index is 0.0364. The molecule has 1 amide bonds. The fraction of sp³-hybridized carbons (Fsp3) is 0.238. The molecular weight excluding hydrogens is 324 g/mol. The van der Waals surface area contributed by atoms with Gasteiger partial charge in [0.05, 0.1) is 23.6 Å². The van der Waals surface area contributed by atoms with Crippen LogP contribution < -0.4 is 10.6 Å². The van der Waals surface area contributed by atoms with Gasteiger partial charge >= 0.3 is 0 Å². The van der Waals surface area contributed by atoms with Crippen LogP contribution in [0.4, 0.5) is 11.4 Å². The third kappa shape index (κ3) is 3.08. The first-order chi connectivity index (χ1) is 12.6. The van der Waals surface area contributed by atoms with E-state index >= 15 is 0 Å². The van der Waals surface area contributed by atoms with Crippen molar-refractivity contribution in [3.8, 4) is 11.1 Å². The number of carbonyl (C=O) groups excluding carboxylic acids is 1. The van der Waals surface area contributed by atoms with E-state index in [1.165, 1.54) is 5.56 Å². The molecule has 132 valence electrons. The average molecular weight is 346 g/mol. The Bertz CT molecular complexity index is 932. The van der Waals surface area contributed by atoms with Gasteiger partial charge in [-0.1, -0.05) is 42.5 Å². The summed E-state index contributed by atoms with van der Waals surface area (Å²) in [5, 5.41) is 11.0. The lowest BCUT2D eigenvalue weighted by Gasteiger charge is -2.16. The number of rotatable bonds is 3. The van der Waals surface area contributed by atoms with Gasteiger partial charge in [0.25, 0.3) is 0 Å². The second-order valence-electron chi connectivity index (χ2n) is 6.82. The van der Waals surface area contributed by atoms with Crippen LogP contribution >= 0.6 is 0 Å². The molecule has 2 aromatic carbocycles. The van der Waals surface area contributed by atoms with Crippen molar-refractivity contribution in [2.45, 2.75) is 32.4 Å². The summed E-state index contributed by atoms with van der Waals surface area (Å²) in [6.07, 6.45) is 4.40. The first-order valence-corrected chi connectivity index (χ1v) is 8.90. The second kappa shape index (κ2) is 6.67. The summed E-state index contributed by atoms with van der Waals surface area (Å²) in [4.78, 5) is 12.0. The van der Waals surface area contributed by atoms with E-state index in [4.69, 9.17) is 0 Å². The number of amides is 1. The highest BCUT2D eigenvalue weighted by molar-refractivity contribution is 6.00. The summed E-state index contributed by atoms with van der Waals surface area (Å²) in [6, 6.07) is 16.5. The molecule has 0 unspecified atom stereocenters. The van der Waals surface area contributed by atoms with Crippen molar-refractivity contribution in [2.75, 3.05) is 10.6 Å². The molecule has 2 N–H and O–H groups in total. The third-order valence-electron chi connectivity index (χ3n) is 4.81. The molecule has 0 fully saturated rings. The Labute approximate surface area is 153 Å². The van der Waals surface area contributed by atoms with Crippen molar-refractivity contribution in [1.82, 2.24) is 9.78 Å². The molecule has 0 saturated heterocycles. The molecular formula is C21H22N4O. The van der Waals surface area contributed by atoms with Crippen LogP contribution in [0.2, 0.25) is 0 Å². The quantitative estimate of drug-likeness (QED) is 0.743. The van der Waals surface area contributed by atoms with Gasteiger partial charge in [-0.3, -0.25) is 9.48 Å². The van der Waals surface area contributed by atoms with Crippen LogP contribution in [0.1, 0.15) is 31.9 Å². The maximum absolute atomic E-state index is 12.0. The molecule has 0 radical (unpaired) electrons. The van der Waals surface area contributed by atoms with Crippen LogP contribution in [0.3, 0.4) is 0 Å². The smallest absolute Gasteiger partial charge is 0.226 e. The molecule has 0 saturated carbocycles. The summed E-state index contributed by atoms with van der Waals surface area (Å²) in [5.74, 6) is 0.0364.